The van der Waals surface area contributed by atoms with Crippen molar-refractivity contribution in [3.63, 3.8) is 0 Å². The largest absolute Gasteiger partial charge is 0.388 e. The molecule has 0 aliphatic carbocycles. The molecule has 106 valence electrons. The minimum Gasteiger partial charge on any atom is -0.388 e. The lowest BCUT2D eigenvalue weighted by Gasteiger charge is -2.25. The standard InChI is InChI=1S/C14H20ClNO2S/c1-10(2)8-14(3,18)9-16-13(17)7-5-11-4-6-12(15)19-11/h4-7,10,18H,8-9H2,1-3H3,(H,16,17). The van der Waals surface area contributed by atoms with Crippen LogP contribution >= 0.6 is 22.9 Å². The summed E-state index contributed by atoms with van der Waals surface area (Å²) in [4.78, 5) is 12.5. The third-order valence-corrected chi connectivity index (χ3v) is 3.68. The lowest BCUT2D eigenvalue weighted by Crippen LogP contribution is -2.40. The molecule has 1 heterocycles. The van der Waals surface area contributed by atoms with Crippen molar-refractivity contribution in [2.75, 3.05) is 6.54 Å². The summed E-state index contributed by atoms with van der Waals surface area (Å²) in [7, 11) is 0. The zero-order valence-electron chi connectivity index (χ0n) is 11.4. The fourth-order valence-corrected chi connectivity index (χ4v) is 2.83. The topological polar surface area (TPSA) is 49.3 Å². The fourth-order valence-electron chi connectivity index (χ4n) is 1.86. The molecule has 3 nitrogen and oxygen atoms in total. The number of hydrogen-bond donors (Lipinski definition) is 2. The van der Waals surface area contributed by atoms with Crippen molar-refractivity contribution in [3.05, 3.63) is 27.4 Å². The van der Waals surface area contributed by atoms with Crippen LogP contribution in [0.2, 0.25) is 4.34 Å². The van der Waals surface area contributed by atoms with Gasteiger partial charge < -0.3 is 10.4 Å². The molecule has 0 aliphatic heterocycles. The zero-order valence-corrected chi connectivity index (χ0v) is 13.0. The minimum absolute atomic E-state index is 0.214. The van der Waals surface area contributed by atoms with E-state index in [0.717, 1.165) is 4.88 Å². The normalized spacial score (nSPS) is 14.8. The summed E-state index contributed by atoms with van der Waals surface area (Å²) < 4.78 is 0.694. The molecule has 1 atom stereocenters. The van der Waals surface area contributed by atoms with E-state index in [9.17, 15) is 9.90 Å². The first-order valence-corrected chi connectivity index (χ1v) is 7.41. The molecule has 0 aromatic carbocycles. The first-order chi connectivity index (χ1) is 8.78. The Balaban J connectivity index is 2.41. The Kier molecular flexibility index (Phi) is 6.04. The van der Waals surface area contributed by atoms with Gasteiger partial charge in [-0.05, 0) is 37.5 Å². The van der Waals surface area contributed by atoms with Crippen LogP contribution in [0, 0.1) is 5.92 Å². The second-order valence-electron chi connectivity index (χ2n) is 5.29. The first-order valence-electron chi connectivity index (χ1n) is 6.22. The van der Waals surface area contributed by atoms with Crippen molar-refractivity contribution in [3.8, 4) is 0 Å². The molecule has 5 heteroatoms. The predicted octanol–water partition coefficient (Wildman–Crippen LogP) is 3.33. The third kappa shape index (κ3) is 6.76. The summed E-state index contributed by atoms with van der Waals surface area (Å²) in [6.45, 7) is 6.06. The molecule has 1 aromatic rings. The maximum Gasteiger partial charge on any atom is 0.244 e. The second kappa shape index (κ2) is 7.08. The minimum atomic E-state index is -0.871. The Bertz CT molecular complexity index is 452. The Morgan fingerprint density at radius 3 is 2.79 bits per heavy atom. The van der Waals surface area contributed by atoms with Crippen LogP contribution in [-0.4, -0.2) is 23.2 Å². The average molecular weight is 302 g/mol. The van der Waals surface area contributed by atoms with E-state index in [1.807, 2.05) is 19.9 Å². The fraction of sp³-hybridized carbons (Fsp3) is 0.500. The van der Waals surface area contributed by atoms with Gasteiger partial charge in [0.05, 0.1) is 9.94 Å². The van der Waals surface area contributed by atoms with Gasteiger partial charge in [0.25, 0.3) is 0 Å². The number of carbonyl (C=O) groups is 1. The Labute approximate surface area is 123 Å². The van der Waals surface area contributed by atoms with E-state index in [0.29, 0.717) is 16.7 Å². The van der Waals surface area contributed by atoms with Crippen LogP contribution in [-0.2, 0) is 4.79 Å². The quantitative estimate of drug-likeness (QED) is 0.792. The maximum atomic E-state index is 11.6. The number of rotatable bonds is 6. The number of thiophene rings is 1. The number of aliphatic hydroxyl groups is 1. The molecule has 1 aromatic heterocycles. The van der Waals surface area contributed by atoms with Crippen LogP contribution in [0.1, 0.15) is 32.1 Å². The average Bonchev–Trinajstić information content (AvgIpc) is 2.68. The van der Waals surface area contributed by atoms with Crippen molar-refractivity contribution in [1.29, 1.82) is 0 Å². The van der Waals surface area contributed by atoms with E-state index in [-0.39, 0.29) is 12.5 Å². The molecule has 0 radical (unpaired) electrons. The zero-order chi connectivity index (χ0) is 14.5. The van der Waals surface area contributed by atoms with E-state index < -0.39 is 5.60 Å². The highest BCUT2D eigenvalue weighted by Gasteiger charge is 2.21. The van der Waals surface area contributed by atoms with Crippen molar-refractivity contribution in [2.24, 2.45) is 5.92 Å². The summed E-state index contributed by atoms with van der Waals surface area (Å²) in [5, 5.41) is 12.8. The van der Waals surface area contributed by atoms with Crippen LogP contribution in [0.4, 0.5) is 0 Å². The molecule has 1 rings (SSSR count). The number of amides is 1. The van der Waals surface area contributed by atoms with Gasteiger partial charge in [-0.15, -0.1) is 11.3 Å². The second-order valence-corrected chi connectivity index (χ2v) is 7.03. The highest BCUT2D eigenvalue weighted by molar-refractivity contribution is 7.17. The van der Waals surface area contributed by atoms with Gasteiger partial charge in [-0.25, -0.2) is 0 Å². The smallest absolute Gasteiger partial charge is 0.244 e. The van der Waals surface area contributed by atoms with Gasteiger partial charge in [0.15, 0.2) is 0 Å². The summed E-state index contributed by atoms with van der Waals surface area (Å²) in [6.07, 6.45) is 3.81. The van der Waals surface area contributed by atoms with Gasteiger partial charge in [0.2, 0.25) is 5.91 Å². The van der Waals surface area contributed by atoms with Gasteiger partial charge in [0, 0.05) is 17.5 Å². The van der Waals surface area contributed by atoms with E-state index in [4.69, 9.17) is 11.6 Å². The molecule has 19 heavy (non-hydrogen) atoms. The number of nitrogens with one attached hydrogen (secondary N) is 1. The van der Waals surface area contributed by atoms with E-state index in [1.54, 1.807) is 19.1 Å². The van der Waals surface area contributed by atoms with Gasteiger partial charge in [-0.3, -0.25) is 4.79 Å². The highest BCUT2D eigenvalue weighted by Crippen LogP contribution is 2.22. The molecule has 1 unspecified atom stereocenters. The Morgan fingerprint density at radius 1 is 1.58 bits per heavy atom. The van der Waals surface area contributed by atoms with Crippen molar-refractivity contribution < 1.29 is 9.90 Å². The van der Waals surface area contributed by atoms with E-state index in [1.165, 1.54) is 17.4 Å². The SMILES string of the molecule is CC(C)CC(C)(O)CNC(=O)C=Cc1ccc(Cl)s1. The molecule has 2 N–H and O–H groups in total. The third-order valence-electron chi connectivity index (χ3n) is 2.48. The molecule has 0 aliphatic rings. The number of carbonyl (C=O) groups excluding carboxylic acids is 1. The summed E-state index contributed by atoms with van der Waals surface area (Å²) in [5.74, 6) is 0.171. The molecule has 0 saturated carbocycles. The monoisotopic (exact) mass is 301 g/mol. The van der Waals surface area contributed by atoms with E-state index >= 15 is 0 Å². The maximum absolute atomic E-state index is 11.6. The highest BCUT2D eigenvalue weighted by atomic mass is 35.5. The van der Waals surface area contributed by atoms with Gasteiger partial charge in [-0.1, -0.05) is 25.4 Å². The summed E-state index contributed by atoms with van der Waals surface area (Å²) in [6, 6.07) is 3.64. The van der Waals surface area contributed by atoms with Crippen LogP contribution < -0.4 is 5.32 Å². The molecule has 0 bridgehead atoms. The molecule has 0 saturated heterocycles. The van der Waals surface area contributed by atoms with Crippen LogP contribution in [0.5, 0.6) is 0 Å². The van der Waals surface area contributed by atoms with Gasteiger partial charge in [0.1, 0.15) is 0 Å². The van der Waals surface area contributed by atoms with Crippen molar-refractivity contribution >= 4 is 34.9 Å². The van der Waals surface area contributed by atoms with Crippen molar-refractivity contribution in [2.45, 2.75) is 32.8 Å². The van der Waals surface area contributed by atoms with E-state index in [2.05, 4.69) is 5.32 Å². The van der Waals surface area contributed by atoms with Crippen LogP contribution in [0.15, 0.2) is 18.2 Å². The lowest BCUT2D eigenvalue weighted by atomic mass is 9.94. The molecular formula is C14H20ClNO2S. The summed E-state index contributed by atoms with van der Waals surface area (Å²) in [5.41, 5.74) is -0.871. The van der Waals surface area contributed by atoms with Crippen molar-refractivity contribution in [1.82, 2.24) is 5.32 Å². The summed E-state index contributed by atoms with van der Waals surface area (Å²) >= 11 is 7.21. The molecule has 0 spiro atoms. The Hall–Kier alpha value is -0.840. The molecule has 1 amide bonds. The Morgan fingerprint density at radius 2 is 2.26 bits per heavy atom. The number of halogens is 1. The lowest BCUT2D eigenvalue weighted by molar-refractivity contribution is -0.117. The van der Waals surface area contributed by atoms with Crippen LogP contribution in [0.3, 0.4) is 0 Å². The van der Waals surface area contributed by atoms with Crippen LogP contribution in [0.25, 0.3) is 6.08 Å². The molecular weight excluding hydrogens is 282 g/mol. The predicted molar refractivity (Wildman–Crippen MR) is 81.5 cm³/mol. The number of hydrogen-bond acceptors (Lipinski definition) is 3. The molecule has 0 fully saturated rings. The van der Waals surface area contributed by atoms with Gasteiger partial charge >= 0.3 is 0 Å². The van der Waals surface area contributed by atoms with Gasteiger partial charge in [-0.2, -0.15) is 0 Å². The first kappa shape index (κ1) is 16.2.